The summed E-state index contributed by atoms with van der Waals surface area (Å²) in [5, 5.41) is 10.3. The SMILES string of the molecule is N#Cc1c(N2C(=O)[C@@H]3[C@H](C2=O)[C@H]2CC[C@H]3O2)sc2c1CCCCC2. The summed E-state index contributed by atoms with van der Waals surface area (Å²) in [4.78, 5) is 28.4. The van der Waals surface area contributed by atoms with E-state index in [0.717, 1.165) is 44.1 Å². The van der Waals surface area contributed by atoms with Gasteiger partial charge in [0, 0.05) is 4.88 Å². The summed E-state index contributed by atoms with van der Waals surface area (Å²) in [5.41, 5.74) is 1.64. The predicted octanol–water partition coefficient (Wildman–Crippen LogP) is 2.56. The Morgan fingerprint density at radius 1 is 1.04 bits per heavy atom. The average Bonchev–Trinajstić information content (AvgIpc) is 3.28. The van der Waals surface area contributed by atoms with Gasteiger partial charge in [-0.3, -0.25) is 9.59 Å². The summed E-state index contributed by atoms with van der Waals surface area (Å²) in [6.45, 7) is 0. The number of nitrogens with zero attached hydrogens (tertiary/aromatic N) is 2. The summed E-state index contributed by atoms with van der Waals surface area (Å²) >= 11 is 1.49. The largest absolute Gasteiger partial charge is 0.373 e. The van der Waals surface area contributed by atoms with Crippen LogP contribution in [0.2, 0.25) is 0 Å². The fraction of sp³-hybridized carbons (Fsp3) is 0.611. The standard InChI is InChI=1S/C18H18N2O3S/c19-8-10-9-4-2-1-3-5-13(9)24-18(10)20-16(21)14-11-6-7-12(23-11)15(14)17(20)22/h11-12,14-15H,1-7H2/t11-,12-,14-,15+/m1/s1. The topological polar surface area (TPSA) is 70.4 Å². The summed E-state index contributed by atoms with van der Waals surface area (Å²) in [7, 11) is 0. The van der Waals surface area contributed by atoms with Crippen molar-refractivity contribution in [1.82, 2.24) is 0 Å². The van der Waals surface area contributed by atoms with E-state index in [1.54, 1.807) is 0 Å². The highest BCUT2D eigenvalue weighted by molar-refractivity contribution is 7.17. The van der Waals surface area contributed by atoms with E-state index in [1.165, 1.54) is 27.5 Å². The van der Waals surface area contributed by atoms with Crippen molar-refractivity contribution in [2.24, 2.45) is 11.8 Å². The number of hydrogen-bond acceptors (Lipinski definition) is 5. The number of aryl methyl sites for hydroxylation is 1. The molecule has 3 saturated heterocycles. The van der Waals surface area contributed by atoms with Gasteiger partial charge in [0.1, 0.15) is 11.1 Å². The number of ether oxygens (including phenoxy) is 1. The molecule has 0 spiro atoms. The molecule has 4 atom stereocenters. The van der Waals surface area contributed by atoms with Crippen LogP contribution in [0, 0.1) is 23.2 Å². The van der Waals surface area contributed by atoms with E-state index in [2.05, 4.69) is 6.07 Å². The maximum atomic E-state index is 13.0. The third-order valence-electron chi connectivity index (χ3n) is 6.00. The zero-order chi connectivity index (χ0) is 16.4. The normalized spacial score (nSPS) is 34.2. The van der Waals surface area contributed by atoms with Crippen molar-refractivity contribution < 1.29 is 14.3 Å². The first-order chi connectivity index (χ1) is 11.7. The summed E-state index contributed by atoms with van der Waals surface area (Å²) in [6.07, 6.45) is 6.71. The smallest absolute Gasteiger partial charge is 0.241 e. The van der Waals surface area contributed by atoms with Gasteiger partial charge in [-0.05, 0) is 44.1 Å². The number of nitriles is 1. The molecule has 3 aliphatic heterocycles. The van der Waals surface area contributed by atoms with Crippen LogP contribution in [0.4, 0.5) is 5.00 Å². The first-order valence-corrected chi connectivity index (χ1v) is 9.60. The third kappa shape index (κ3) is 1.77. The zero-order valence-corrected chi connectivity index (χ0v) is 14.1. The molecule has 2 amide bonds. The highest BCUT2D eigenvalue weighted by Gasteiger charge is 2.63. The van der Waals surface area contributed by atoms with E-state index in [9.17, 15) is 14.9 Å². The maximum Gasteiger partial charge on any atom is 0.241 e. The molecule has 2 bridgehead atoms. The fourth-order valence-electron chi connectivity index (χ4n) is 4.91. The molecule has 6 heteroatoms. The summed E-state index contributed by atoms with van der Waals surface area (Å²) < 4.78 is 5.79. The Labute approximate surface area is 144 Å². The van der Waals surface area contributed by atoms with E-state index >= 15 is 0 Å². The molecule has 3 fully saturated rings. The van der Waals surface area contributed by atoms with E-state index in [0.29, 0.717) is 10.6 Å². The molecular formula is C18H18N2O3S. The monoisotopic (exact) mass is 342 g/mol. The summed E-state index contributed by atoms with van der Waals surface area (Å²) in [5.74, 6) is -0.954. The van der Waals surface area contributed by atoms with Gasteiger partial charge in [-0.15, -0.1) is 11.3 Å². The van der Waals surface area contributed by atoms with Gasteiger partial charge in [-0.2, -0.15) is 5.26 Å². The van der Waals surface area contributed by atoms with Crippen LogP contribution < -0.4 is 4.90 Å². The Bertz CT molecular complexity index is 765. The van der Waals surface area contributed by atoms with Crippen molar-refractivity contribution in [1.29, 1.82) is 5.26 Å². The van der Waals surface area contributed by atoms with Crippen molar-refractivity contribution in [3.05, 3.63) is 16.0 Å². The highest BCUT2D eigenvalue weighted by Crippen LogP contribution is 2.51. The molecule has 0 aromatic carbocycles. The highest BCUT2D eigenvalue weighted by atomic mass is 32.1. The molecule has 0 N–H and O–H groups in total. The lowest BCUT2D eigenvalue weighted by Gasteiger charge is -2.16. The average molecular weight is 342 g/mol. The van der Waals surface area contributed by atoms with Crippen LogP contribution in [0.5, 0.6) is 0 Å². The quantitative estimate of drug-likeness (QED) is 0.581. The van der Waals surface area contributed by atoms with Gasteiger partial charge in [0.2, 0.25) is 11.8 Å². The van der Waals surface area contributed by atoms with Gasteiger partial charge in [0.25, 0.3) is 0 Å². The molecule has 1 aromatic rings. The van der Waals surface area contributed by atoms with Crippen molar-refractivity contribution in [3.63, 3.8) is 0 Å². The molecule has 5 rings (SSSR count). The third-order valence-corrected chi connectivity index (χ3v) is 7.28. The molecule has 0 unspecified atom stereocenters. The van der Waals surface area contributed by atoms with Gasteiger partial charge in [-0.1, -0.05) is 6.42 Å². The number of carbonyl (C=O) groups excluding carboxylic acids is 2. The molecule has 4 aliphatic rings. The number of hydrogen-bond donors (Lipinski definition) is 0. The molecule has 1 aromatic heterocycles. The fourth-order valence-corrected chi connectivity index (χ4v) is 6.26. The van der Waals surface area contributed by atoms with Crippen LogP contribution >= 0.6 is 11.3 Å². The predicted molar refractivity (Wildman–Crippen MR) is 87.7 cm³/mol. The number of anilines is 1. The Kier molecular flexibility index (Phi) is 3.13. The molecule has 5 nitrogen and oxygen atoms in total. The van der Waals surface area contributed by atoms with Crippen LogP contribution in [-0.4, -0.2) is 24.0 Å². The number of imide groups is 1. The number of fused-ring (bicyclic) bond motifs is 6. The Hall–Kier alpha value is -1.71. The minimum absolute atomic E-state index is 0.107. The second-order valence-electron chi connectivity index (χ2n) is 7.21. The van der Waals surface area contributed by atoms with E-state index < -0.39 is 0 Å². The van der Waals surface area contributed by atoms with Crippen molar-refractivity contribution >= 4 is 28.2 Å². The Morgan fingerprint density at radius 3 is 2.38 bits per heavy atom. The molecule has 0 saturated carbocycles. The van der Waals surface area contributed by atoms with Crippen molar-refractivity contribution in [2.75, 3.05) is 4.90 Å². The van der Waals surface area contributed by atoms with Gasteiger partial charge < -0.3 is 4.74 Å². The number of amides is 2. The zero-order valence-electron chi connectivity index (χ0n) is 13.3. The molecule has 124 valence electrons. The number of carbonyl (C=O) groups is 2. The number of thiophene rings is 1. The van der Waals surface area contributed by atoms with E-state index in [4.69, 9.17) is 4.74 Å². The first kappa shape index (κ1) is 14.6. The maximum absolute atomic E-state index is 13.0. The molecule has 4 heterocycles. The van der Waals surface area contributed by atoms with Crippen LogP contribution in [0.1, 0.15) is 48.1 Å². The minimum atomic E-state index is -0.329. The second kappa shape index (κ2) is 5.14. The lowest BCUT2D eigenvalue weighted by molar-refractivity contribution is -0.124. The molecule has 0 radical (unpaired) electrons. The Morgan fingerprint density at radius 2 is 1.71 bits per heavy atom. The summed E-state index contributed by atoms with van der Waals surface area (Å²) in [6, 6.07) is 2.29. The van der Waals surface area contributed by atoms with E-state index in [-0.39, 0.29) is 35.9 Å². The van der Waals surface area contributed by atoms with Gasteiger partial charge in [0.15, 0.2) is 0 Å². The second-order valence-corrected chi connectivity index (χ2v) is 8.29. The Balaban J connectivity index is 1.59. The van der Waals surface area contributed by atoms with Crippen LogP contribution in [0.15, 0.2) is 0 Å². The van der Waals surface area contributed by atoms with Gasteiger partial charge >= 0.3 is 0 Å². The van der Waals surface area contributed by atoms with Crippen molar-refractivity contribution in [3.8, 4) is 6.07 Å². The van der Waals surface area contributed by atoms with Gasteiger partial charge in [-0.25, -0.2) is 4.90 Å². The molecular weight excluding hydrogens is 324 g/mol. The van der Waals surface area contributed by atoms with Crippen LogP contribution in [-0.2, 0) is 27.2 Å². The van der Waals surface area contributed by atoms with Gasteiger partial charge in [0.05, 0.1) is 29.6 Å². The molecule has 1 aliphatic carbocycles. The first-order valence-electron chi connectivity index (χ1n) is 8.78. The van der Waals surface area contributed by atoms with Crippen LogP contribution in [0.25, 0.3) is 0 Å². The van der Waals surface area contributed by atoms with Crippen molar-refractivity contribution in [2.45, 2.75) is 57.2 Å². The number of rotatable bonds is 1. The van der Waals surface area contributed by atoms with E-state index in [1.807, 2.05) is 0 Å². The minimum Gasteiger partial charge on any atom is -0.373 e. The van der Waals surface area contributed by atoms with Crippen LogP contribution in [0.3, 0.4) is 0 Å². The molecule has 24 heavy (non-hydrogen) atoms. The lowest BCUT2D eigenvalue weighted by Crippen LogP contribution is -2.34. The lowest BCUT2D eigenvalue weighted by atomic mass is 9.81.